The minimum absolute atomic E-state index is 0.0890. The van der Waals surface area contributed by atoms with Gasteiger partial charge >= 0.3 is 0 Å². The van der Waals surface area contributed by atoms with E-state index in [1.807, 2.05) is 18.2 Å². The molecule has 0 bridgehead atoms. The number of aromatic amines is 1. The molecule has 118 valence electrons. The first-order valence-corrected chi connectivity index (χ1v) is 8.43. The molecule has 2 heterocycles. The van der Waals surface area contributed by atoms with Crippen molar-refractivity contribution in [2.75, 3.05) is 0 Å². The number of aromatic nitrogens is 2. The van der Waals surface area contributed by atoms with E-state index >= 15 is 0 Å². The van der Waals surface area contributed by atoms with Crippen molar-refractivity contribution in [3.63, 3.8) is 0 Å². The van der Waals surface area contributed by atoms with E-state index in [4.69, 9.17) is 10.5 Å². The van der Waals surface area contributed by atoms with E-state index in [-0.39, 0.29) is 17.7 Å². The Morgan fingerprint density at radius 3 is 2.78 bits per heavy atom. The number of nitrogens with one attached hydrogen (secondary N) is 1. The van der Waals surface area contributed by atoms with E-state index in [0.29, 0.717) is 11.5 Å². The molecule has 1 aromatic heterocycles. The topological polar surface area (TPSA) is 87.7 Å². The monoisotopic (exact) mass is 326 g/mol. The summed E-state index contributed by atoms with van der Waals surface area (Å²) in [5.41, 5.74) is 8.30. The molecule has 1 atom stereocenters. The normalized spacial score (nSPS) is 16.9. The lowest BCUT2D eigenvalue weighted by Crippen LogP contribution is -2.23. The first kappa shape index (κ1) is 15.5. The third kappa shape index (κ3) is 2.92. The number of benzene rings is 1. The SMILES string of the molecule is CC(C)C1C(C#N)=C(N)Oc2n[nH]c(CSc3ccccc3)c21. The fourth-order valence-corrected chi connectivity index (χ4v) is 3.68. The number of hydrogen-bond acceptors (Lipinski definition) is 5. The van der Waals surface area contributed by atoms with Gasteiger partial charge in [-0.05, 0) is 18.1 Å². The van der Waals surface area contributed by atoms with Gasteiger partial charge in [-0.2, -0.15) is 5.26 Å². The van der Waals surface area contributed by atoms with Crippen molar-refractivity contribution in [1.29, 1.82) is 5.26 Å². The molecule has 3 N–H and O–H groups in total. The van der Waals surface area contributed by atoms with E-state index in [1.54, 1.807) is 11.8 Å². The maximum atomic E-state index is 9.44. The molecule has 0 amide bonds. The molecule has 1 aliphatic rings. The van der Waals surface area contributed by atoms with Crippen molar-refractivity contribution in [2.24, 2.45) is 11.7 Å². The minimum Gasteiger partial charge on any atom is -0.420 e. The Bertz CT molecular complexity index is 774. The highest BCUT2D eigenvalue weighted by molar-refractivity contribution is 7.98. The zero-order valence-electron chi connectivity index (χ0n) is 13.0. The number of fused-ring (bicyclic) bond motifs is 1. The molecule has 1 unspecified atom stereocenters. The first-order valence-electron chi connectivity index (χ1n) is 7.44. The summed E-state index contributed by atoms with van der Waals surface area (Å²) < 4.78 is 5.53. The van der Waals surface area contributed by atoms with E-state index in [0.717, 1.165) is 17.0 Å². The Balaban J connectivity index is 1.91. The smallest absolute Gasteiger partial charge is 0.243 e. The van der Waals surface area contributed by atoms with Gasteiger partial charge in [0.05, 0.1) is 11.3 Å². The summed E-state index contributed by atoms with van der Waals surface area (Å²) in [6, 6.07) is 12.4. The molecule has 0 fully saturated rings. The number of allylic oxidation sites excluding steroid dienone is 1. The fourth-order valence-electron chi connectivity index (χ4n) is 2.80. The van der Waals surface area contributed by atoms with Crippen LogP contribution >= 0.6 is 11.8 Å². The van der Waals surface area contributed by atoms with Crippen LogP contribution in [0, 0.1) is 17.2 Å². The molecule has 5 nitrogen and oxygen atoms in total. The molecule has 0 aliphatic carbocycles. The Kier molecular flexibility index (Phi) is 4.30. The maximum Gasteiger partial charge on any atom is 0.243 e. The zero-order valence-corrected chi connectivity index (χ0v) is 13.9. The summed E-state index contributed by atoms with van der Waals surface area (Å²) in [5, 5.41) is 16.7. The van der Waals surface area contributed by atoms with Crippen LogP contribution in [0.15, 0.2) is 46.7 Å². The zero-order chi connectivity index (χ0) is 16.4. The van der Waals surface area contributed by atoms with E-state index < -0.39 is 0 Å². The highest BCUT2D eigenvalue weighted by Crippen LogP contribution is 2.43. The Hall–Kier alpha value is -2.39. The third-order valence-corrected chi connectivity index (χ3v) is 4.89. The van der Waals surface area contributed by atoms with Crippen molar-refractivity contribution in [2.45, 2.75) is 30.4 Å². The molecule has 2 aromatic rings. The van der Waals surface area contributed by atoms with Gasteiger partial charge in [-0.25, -0.2) is 0 Å². The molecule has 1 aromatic carbocycles. The van der Waals surface area contributed by atoms with Gasteiger partial charge in [-0.15, -0.1) is 16.9 Å². The standard InChI is InChI=1S/C17H18N4OS/c1-10(2)14-12(8-18)16(19)22-17-15(14)13(20-21-17)9-23-11-6-4-3-5-7-11/h3-7,10,14H,9,19H2,1-2H3,(H,20,21). The first-order chi connectivity index (χ1) is 11.1. The number of H-pyrrole nitrogens is 1. The molecule has 6 heteroatoms. The molecular formula is C17H18N4OS. The number of nitriles is 1. The van der Waals surface area contributed by atoms with Crippen LogP contribution in [0.25, 0.3) is 0 Å². The summed E-state index contributed by atoms with van der Waals surface area (Å²) in [5.74, 6) is 1.52. The van der Waals surface area contributed by atoms with Crippen LogP contribution in [-0.2, 0) is 5.75 Å². The van der Waals surface area contributed by atoms with Crippen LogP contribution in [-0.4, -0.2) is 10.2 Å². The summed E-state index contributed by atoms with van der Waals surface area (Å²) in [6.45, 7) is 4.15. The number of nitrogens with zero attached hydrogens (tertiary/aromatic N) is 2. The second-order valence-electron chi connectivity index (χ2n) is 5.74. The molecule has 0 saturated carbocycles. The van der Waals surface area contributed by atoms with Gasteiger partial charge < -0.3 is 10.5 Å². The molecule has 23 heavy (non-hydrogen) atoms. The molecule has 0 saturated heterocycles. The fraction of sp³-hybridized carbons (Fsp3) is 0.294. The van der Waals surface area contributed by atoms with Gasteiger partial charge in [0.25, 0.3) is 0 Å². The number of nitrogens with two attached hydrogens (primary N) is 1. The maximum absolute atomic E-state index is 9.44. The number of thioether (sulfide) groups is 1. The van der Waals surface area contributed by atoms with E-state index in [1.165, 1.54) is 4.90 Å². The summed E-state index contributed by atoms with van der Waals surface area (Å²) in [4.78, 5) is 1.18. The molecule has 0 spiro atoms. The van der Waals surface area contributed by atoms with Gasteiger partial charge in [0.2, 0.25) is 11.8 Å². The van der Waals surface area contributed by atoms with E-state index in [2.05, 4.69) is 42.2 Å². The lowest BCUT2D eigenvalue weighted by molar-refractivity contribution is 0.360. The predicted molar refractivity (Wildman–Crippen MR) is 89.6 cm³/mol. The van der Waals surface area contributed by atoms with Crippen molar-refractivity contribution < 1.29 is 4.74 Å². The molecule has 0 radical (unpaired) electrons. The highest BCUT2D eigenvalue weighted by Gasteiger charge is 2.35. The van der Waals surface area contributed by atoms with Gasteiger partial charge in [0.1, 0.15) is 6.07 Å². The highest BCUT2D eigenvalue weighted by atomic mass is 32.2. The predicted octanol–water partition coefficient (Wildman–Crippen LogP) is 3.53. The summed E-state index contributed by atoms with van der Waals surface area (Å²) in [6.07, 6.45) is 0. The molecule has 1 aliphatic heterocycles. The van der Waals surface area contributed by atoms with Gasteiger partial charge in [0, 0.05) is 22.1 Å². The molecular weight excluding hydrogens is 308 g/mol. The quantitative estimate of drug-likeness (QED) is 0.839. The van der Waals surface area contributed by atoms with Gasteiger partial charge in [-0.1, -0.05) is 32.0 Å². The second kappa shape index (κ2) is 6.39. The Labute approximate surface area is 139 Å². The summed E-state index contributed by atoms with van der Waals surface area (Å²) in [7, 11) is 0. The van der Waals surface area contributed by atoms with Crippen molar-refractivity contribution in [3.05, 3.63) is 53.0 Å². The van der Waals surface area contributed by atoms with Crippen LogP contribution in [0.3, 0.4) is 0 Å². The average molecular weight is 326 g/mol. The summed E-state index contributed by atoms with van der Waals surface area (Å²) >= 11 is 1.72. The van der Waals surface area contributed by atoms with Crippen LogP contribution in [0.2, 0.25) is 0 Å². The van der Waals surface area contributed by atoms with Crippen molar-refractivity contribution in [3.8, 4) is 11.9 Å². The lowest BCUT2D eigenvalue weighted by Gasteiger charge is -2.26. The van der Waals surface area contributed by atoms with Crippen LogP contribution in [0.1, 0.15) is 31.0 Å². The number of hydrogen-bond donors (Lipinski definition) is 2. The third-order valence-electron chi connectivity index (χ3n) is 3.86. The average Bonchev–Trinajstić information content (AvgIpc) is 2.94. The van der Waals surface area contributed by atoms with Crippen molar-refractivity contribution >= 4 is 11.8 Å². The Morgan fingerprint density at radius 1 is 1.39 bits per heavy atom. The number of ether oxygens (including phenoxy) is 1. The lowest BCUT2D eigenvalue weighted by atomic mass is 9.82. The van der Waals surface area contributed by atoms with E-state index in [9.17, 15) is 5.26 Å². The van der Waals surface area contributed by atoms with Crippen LogP contribution in [0.5, 0.6) is 5.88 Å². The van der Waals surface area contributed by atoms with Crippen LogP contribution in [0.4, 0.5) is 0 Å². The van der Waals surface area contributed by atoms with Crippen molar-refractivity contribution in [1.82, 2.24) is 10.2 Å². The Morgan fingerprint density at radius 2 is 2.13 bits per heavy atom. The van der Waals surface area contributed by atoms with Crippen LogP contribution < -0.4 is 10.5 Å². The minimum atomic E-state index is -0.0890. The number of rotatable bonds is 4. The van der Waals surface area contributed by atoms with Gasteiger partial charge in [0.15, 0.2) is 0 Å². The largest absolute Gasteiger partial charge is 0.420 e. The van der Waals surface area contributed by atoms with Gasteiger partial charge in [-0.3, -0.25) is 5.10 Å². The second-order valence-corrected chi connectivity index (χ2v) is 6.78. The molecule has 3 rings (SSSR count).